The molecule has 0 aliphatic carbocycles. The van der Waals surface area contributed by atoms with Crippen LogP contribution >= 0.6 is 0 Å². The molecule has 5 nitrogen and oxygen atoms in total. The Balaban J connectivity index is 1.86. The summed E-state index contributed by atoms with van der Waals surface area (Å²) < 4.78 is 0. The number of hydrogen-bond donors (Lipinski definition) is 2. The lowest BCUT2D eigenvalue weighted by Crippen LogP contribution is -2.23. The topological polar surface area (TPSA) is 53.1 Å². The summed E-state index contributed by atoms with van der Waals surface area (Å²) in [6.45, 7) is 6.34. The second kappa shape index (κ2) is 6.54. The fourth-order valence-corrected chi connectivity index (χ4v) is 2.29. The van der Waals surface area contributed by atoms with Crippen molar-refractivity contribution in [3.8, 4) is 0 Å². The minimum absolute atomic E-state index is 0.822. The largest absolute Gasteiger partial charge is 0.370 e. The first-order valence-corrected chi connectivity index (χ1v) is 6.77. The van der Waals surface area contributed by atoms with Gasteiger partial charge in [0, 0.05) is 26.2 Å². The molecule has 0 aromatic carbocycles. The van der Waals surface area contributed by atoms with E-state index in [9.17, 15) is 0 Å². The van der Waals surface area contributed by atoms with Gasteiger partial charge in [0.05, 0.1) is 0 Å². The lowest BCUT2D eigenvalue weighted by atomic mass is 10.1. The fraction of sp³-hybridized carbons (Fsp3) is 0.692. The normalized spacial score (nSPS) is 18.9. The average Bonchev–Trinajstić information content (AvgIpc) is 2.90. The zero-order chi connectivity index (χ0) is 12.8. The standard InChI is InChI=1S/C13H23N5/c1-3-15-12-8-13(17-10-16-12)18(2)7-5-11-4-6-14-9-11/h8,10-11,14H,3-7,9H2,1-2H3,(H,15,16,17). The molecule has 2 N–H and O–H groups in total. The molecule has 1 saturated heterocycles. The van der Waals surface area contributed by atoms with Crippen LogP contribution in [0.15, 0.2) is 12.4 Å². The van der Waals surface area contributed by atoms with Crippen molar-refractivity contribution in [1.29, 1.82) is 0 Å². The summed E-state index contributed by atoms with van der Waals surface area (Å²) in [4.78, 5) is 10.7. The molecule has 100 valence electrons. The lowest BCUT2D eigenvalue weighted by Gasteiger charge is -2.20. The van der Waals surface area contributed by atoms with Crippen molar-refractivity contribution in [2.75, 3.05) is 43.4 Å². The minimum atomic E-state index is 0.822. The van der Waals surface area contributed by atoms with Crippen molar-refractivity contribution >= 4 is 11.6 Å². The molecule has 1 atom stereocenters. The number of aromatic nitrogens is 2. The van der Waals surface area contributed by atoms with Gasteiger partial charge in [-0.3, -0.25) is 0 Å². The van der Waals surface area contributed by atoms with Crippen LogP contribution in [0.5, 0.6) is 0 Å². The van der Waals surface area contributed by atoms with Crippen molar-refractivity contribution in [3.63, 3.8) is 0 Å². The number of hydrogen-bond acceptors (Lipinski definition) is 5. The van der Waals surface area contributed by atoms with Gasteiger partial charge in [0.1, 0.15) is 18.0 Å². The predicted octanol–water partition coefficient (Wildman–Crippen LogP) is 1.34. The molecule has 0 amide bonds. The van der Waals surface area contributed by atoms with E-state index in [4.69, 9.17) is 0 Å². The van der Waals surface area contributed by atoms with Crippen LogP contribution in [0.25, 0.3) is 0 Å². The van der Waals surface area contributed by atoms with Crippen LogP contribution in [0.4, 0.5) is 11.6 Å². The first-order valence-electron chi connectivity index (χ1n) is 6.77. The molecule has 1 fully saturated rings. The van der Waals surface area contributed by atoms with E-state index in [-0.39, 0.29) is 0 Å². The molecule has 0 bridgehead atoms. The highest BCUT2D eigenvalue weighted by Crippen LogP contribution is 2.16. The van der Waals surface area contributed by atoms with Gasteiger partial charge >= 0.3 is 0 Å². The molecule has 2 heterocycles. The zero-order valence-corrected chi connectivity index (χ0v) is 11.3. The summed E-state index contributed by atoms with van der Waals surface area (Å²) in [7, 11) is 2.10. The Morgan fingerprint density at radius 3 is 3.11 bits per heavy atom. The third-order valence-electron chi connectivity index (χ3n) is 3.44. The smallest absolute Gasteiger partial charge is 0.133 e. The summed E-state index contributed by atoms with van der Waals surface area (Å²) >= 11 is 0. The van der Waals surface area contributed by atoms with Gasteiger partial charge in [0.2, 0.25) is 0 Å². The van der Waals surface area contributed by atoms with Crippen LogP contribution in [0.2, 0.25) is 0 Å². The van der Waals surface area contributed by atoms with Crippen molar-refractivity contribution < 1.29 is 0 Å². The fourth-order valence-electron chi connectivity index (χ4n) is 2.29. The van der Waals surface area contributed by atoms with Crippen molar-refractivity contribution in [1.82, 2.24) is 15.3 Å². The number of rotatable bonds is 6. The van der Waals surface area contributed by atoms with Gasteiger partial charge in [0.25, 0.3) is 0 Å². The Morgan fingerprint density at radius 1 is 1.50 bits per heavy atom. The van der Waals surface area contributed by atoms with Gasteiger partial charge in [-0.2, -0.15) is 0 Å². The highest BCUT2D eigenvalue weighted by atomic mass is 15.2. The molecule has 0 radical (unpaired) electrons. The third-order valence-corrected chi connectivity index (χ3v) is 3.44. The quantitative estimate of drug-likeness (QED) is 0.797. The Morgan fingerprint density at radius 2 is 2.39 bits per heavy atom. The van der Waals surface area contributed by atoms with Crippen molar-refractivity contribution in [3.05, 3.63) is 12.4 Å². The zero-order valence-electron chi connectivity index (χ0n) is 11.3. The van der Waals surface area contributed by atoms with Crippen LogP contribution in [-0.4, -0.2) is 43.2 Å². The maximum atomic E-state index is 4.33. The molecule has 1 aromatic rings. The van der Waals surface area contributed by atoms with E-state index in [1.165, 1.54) is 25.9 Å². The summed E-state index contributed by atoms with van der Waals surface area (Å²) in [5.41, 5.74) is 0. The summed E-state index contributed by atoms with van der Waals surface area (Å²) in [6, 6.07) is 2.01. The Hall–Kier alpha value is -1.36. The van der Waals surface area contributed by atoms with E-state index in [1.54, 1.807) is 6.33 Å². The molecule has 18 heavy (non-hydrogen) atoms. The second-order valence-corrected chi connectivity index (χ2v) is 4.86. The predicted molar refractivity (Wildman–Crippen MR) is 75.1 cm³/mol. The molecule has 1 aromatic heterocycles. The molecule has 1 aliphatic rings. The van der Waals surface area contributed by atoms with E-state index in [1.807, 2.05) is 6.07 Å². The monoisotopic (exact) mass is 249 g/mol. The van der Waals surface area contributed by atoms with E-state index >= 15 is 0 Å². The average molecular weight is 249 g/mol. The van der Waals surface area contributed by atoms with E-state index < -0.39 is 0 Å². The minimum Gasteiger partial charge on any atom is -0.370 e. The third kappa shape index (κ3) is 3.57. The molecule has 0 spiro atoms. The summed E-state index contributed by atoms with van der Waals surface area (Å²) in [6.07, 6.45) is 4.16. The SMILES string of the molecule is CCNc1cc(N(C)CCC2CCNC2)ncn1. The Labute approximate surface area is 109 Å². The van der Waals surface area contributed by atoms with Gasteiger partial charge < -0.3 is 15.5 Å². The van der Waals surface area contributed by atoms with Crippen LogP contribution in [-0.2, 0) is 0 Å². The van der Waals surface area contributed by atoms with Crippen molar-refractivity contribution in [2.24, 2.45) is 5.92 Å². The number of nitrogens with one attached hydrogen (secondary N) is 2. The van der Waals surface area contributed by atoms with Crippen LogP contribution in [0.3, 0.4) is 0 Å². The maximum Gasteiger partial charge on any atom is 0.133 e. The van der Waals surface area contributed by atoms with Gasteiger partial charge in [-0.05, 0) is 38.8 Å². The summed E-state index contributed by atoms with van der Waals surface area (Å²) in [5.74, 6) is 2.71. The van der Waals surface area contributed by atoms with Gasteiger partial charge in [-0.15, -0.1) is 0 Å². The maximum absolute atomic E-state index is 4.33. The van der Waals surface area contributed by atoms with Gasteiger partial charge in [-0.1, -0.05) is 0 Å². The van der Waals surface area contributed by atoms with Gasteiger partial charge in [-0.25, -0.2) is 9.97 Å². The van der Waals surface area contributed by atoms with Crippen molar-refractivity contribution in [2.45, 2.75) is 19.8 Å². The van der Waals surface area contributed by atoms with E-state index in [2.05, 4.69) is 39.5 Å². The van der Waals surface area contributed by atoms with Gasteiger partial charge in [0.15, 0.2) is 0 Å². The molecule has 0 saturated carbocycles. The molecule has 2 rings (SSSR count). The molecule has 1 unspecified atom stereocenters. The molecule has 1 aliphatic heterocycles. The molecule has 5 heteroatoms. The first-order chi connectivity index (χ1) is 8.79. The van der Waals surface area contributed by atoms with Crippen LogP contribution in [0, 0.1) is 5.92 Å². The number of anilines is 2. The lowest BCUT2D eigenvalue weighted by molar-refractivity contribution is 0.532. The highest BCUT2D eigenvalue weighted by molar-refractivity contribution is 5.47. The Bertz CT molecular complexity index is 362. The highest BCUT2D eigenvalue weighted by Gasteiger charge is 2.15. The van der Waals surface area contributed by atoms with E-state index in [0.29, 0.717) is 0 Å². The second-order valence-electron chi connectivity index (χ2n) is 4.86. The first kappa shape index (κ1) is 13.1. The molecular weight excluding hydrogens is 226 g/mol. The Kier molecular flexibility index (Phi) is 4.75. The number of nitrogens with zero attached hydrogens (tertiary/aromatic N) is 3. The van der Waals surface area contributed by atoms with Crippen LogP contribution < -0.4 is 15.5 Å². The van der Waals surface area contributed by atoms with E-state index in [0.717, 1.165) is 30.6 Å². The van der Waals surface area contributed by atoms with Crippen LogP contribution in [0.1, 0.15) is 19.8 Å². The molecular formula is C13H23N5. The summed E-state index contributed by atoms with van der Waals surface area (Å²) in [5, 5.41) is 6.62.